The molecule has 1 aliphatic rings. The largest absolute Gasteiger partial charge is 0.284 e. The van der Waals surface area contributed by atoms with Crippen LogP contribution in [0.2, 0.25) is 0 Å². The predicted octanol–water partition coefficient (Wildman–Crippen LogP) is 1.27. The summed E-state index contributed by atoms with van der Waals surface area (Å²) in [5.74, 6) is 0. The number of nitrogens with one attached hydrogen (secondary N) is 1. The van der Waals surface area contributed by atoms with Crippen molar-refractivity contribution in [3.05, 3.63) is 41.6 Å². The Bertz CT molecular complexity index is 490. The molecule has 0 unspecified atom stereocenters. The average molecular weight is 196 g/mol. The first-order chi connectivity index (χ1) is 7.35. The maximum absolute atomic E-state index is 8.86. The maximum atomic E-state index is 8.86. The molecule has 0 radical (unpaired) electrons. The average Bonchev–Trinajstić information content (AvgIpc) is 2.81. The van der Waals surface area contributed by atoms with Gasteiger partial charge in [0.1, 0.15) is 12.1 Å². The van der Waals surface area contributed by atoms with Crippen LogP contribution in [0.4, 0.5) is 5.69 Å². The summed E-state index contributed by atoms with van der Waals surface area (Å²) >= 11 is 0. The lowest BCUT2D eigenvalue weighted by Crippen LogP contribution is -2.28. The number of rotatable bonds is 1. The third-order valence-corrected chi connectivity index (χ3v) is 2.16. The van der Waals surface area contributed by atoms with Gasteiger partial charge < -0.3 is 0 Å². The van der Waals surface area contributed by atoms with Crippen molar-refractivity contribution in [2.75, 3.05) is 11.6 Å². The van der Waals surface area contributed by atoms with E-state index in [-0.39, 0.29) is 0 Å². The van der Waals surface area contributed by atoms with E-state index in [1.54, 1.807) is 12.1 Å². The minimum absolute atomic E-state index is 0.400. The molecule has 0 amide bonds. The van der Waals surface area contributed by atoms with Gasteiger partial charge in [0.25, 0.3) is 0 Å². The molecule has 4 nitrogen and oxygen atoms in total. The number of benzene rings is 1. The lowest BCUT2D eigenvalue weighted by atomic mass is 10.1. The Labute approximate surface area is 87.6 Å². The normalized spacial score (nSPS) is 13.6. The predicted molar refractivity (Wildman–Crippen MR) is 55.5 cm³/mol. The Hall–Kier alpha value is -2.30. The van der Waals surface area contributed by atoms with E-state index in [0.29, 0.717) is 11.1 Å². The molecule has 1 aromatic rings. The van der Waals surface area contributed by atoms with Crippen molar-refractivity contribution in [3.63, 3.8) is 0 Å². The van der Waals surface area contributed by atoms with Crippen molar-refractivity contribution in [1.29, 1.82) is 10.5 Å². The smallest absolute Gasteiger partial charge is 0.101 e. The monoisotopic (exact) mass is 196 g/mol. The van der Waals surface area contributed by atoms with Crippen LogP contribution in [0.5, 0.6) is 0 Å². The highest BCUT2D eigenvalue weighted by molar-refractivity contribution is 5.58. The number of hydrazine groups is 1. The van der Waals surface area contributed by atoms with Gasteiger partial charge in [-0.05, 0) is 18.2 Å². The molecule has 1 aromatic carbocycles. The molecule has 0 aromatic heterocycles. The highest BCUT2D eigenvalue weighted by Gasteiger charge is 2.09. The summed E-state index contributed by atoms with van der Waals surface area (Å²) in [5, 5.41) is 19.4. The molecule has 0 saturated heterocycles. The first-order valence-electron chi connectivity index (χ1n) is 4.49. The molecule has 72 valence electrons. The fourth-order valence-electron chi connectivity index (χ4n) is 1.41. The first kappa shape index (κ1) is 9.26. The van der Waals surface area contributed by atoms with Crippen molar-refractivity contribution in [2.24, 2.45) is 0 Å². The zero-order chi connectivity index (χ0) is 10.7. The van der Waals surface area contributed by atoms with Gasteiger partial charge in [-0.15, -0.1) is 0 Å². The molecule has 0 bridgehead atoms. The van der Waals surface area contributed by atoms with E-state index >= 15 is 0 Å². The SMILES string of the molecule is N#Cc1ccc(N2C=CCN2)cc1C#N. The molecule has 0 fully saturated rings. The molecule has 4 heteroatoms. The Morgan fingerprint density at radius 2 is 2.00 bits per heavy atom. The van der Waals surface area contributed by atoms with Crippen LogP contribution in [0, 0.1) is 22.7 Å². The van der Waals surface area contributed by atoms with Gasteiger partial charge in [0.15, 0.2) is 0 Å². The van der Waals surface area contributed by atoms with Gasteiger partial charge in [0, 0.05) is 12.7 Å². The number of anilines is 1. The van der Waals surface area contributed by atoms with Crippen LogP contribution in [0.3, 0.4) is 0 Å². The van der Waals surface area contributed by atoms with Gasteiger partial charge in [-0.3, -0.25) is 5.01 Å². The third-order valence-electron chi connectivity index (χ3n) is 2.16. The van der Waals surface area contributed by atoms with Gasteiger partial charge >= 0.3 is 0 Å². The minimum Gasteiger partial charge on any atom is -0.284 e. The van der Waals surface area contributed by atoms with Gasteiger partial charge in [-0.2, -0.15) is 10.5 Å². The minimum atomic E-state index is 0.400. The van der Waals surface area contributed by atoms with Gasteiger partial charge in [0.2, 0.25) is 0 Å². The maximum Gasteiger partial charge on any atom is 0.101 e. The zero-order valence-corrected chi connectivity index (χ0v) is 7.94. The number of nitrogens with zero attached hydrogens (tertiary/aromatic N) is 3. The lowest BCUT2D eigenvalue weighted by molar-refractivity contribution is 0.814. The molecular formula is C11H8N4. The summed E-state index contributed by atoms with van der Waals surface area (Å²) in [5.41, 5.74) is 4.76. The summed E-state index contributed by atoms with van der Waals surface area (Å²) in [6.07, 6.45) is 3.87. The van der Waals surface area contributed by atoms with Crippen LogP contribution in [0.1, 0.15) is 11.1 Å². The van der Waals surface area contributed by atoms with Crippen LogP contribution in [-0.2, 0) is 0 Å². The molecule has 0 aliphatic carbocycles. The van der Waals surface area contributed by atoms with Crippen LogP contribution >= 0.6 is 0 Å². The van der Waals surface area contributed by atoms with E-state index in [1.165, 1.54) is 0 Å². The van der Waals surface area contributed by atoms with Crippen molar-refractivity contribution < 1.29 is 0 Å². The van der Waals surface area contributed by atoms with E-state index < -0.39 is 0 Å². The highest BCUT2D eigenvalue weighted by Crippen LogP contribution is 2.19. The van der Waals surface area contributed by atoms with Crippen molar-refractivity contribution in [2.45, 2.75) is 0 Å². The topological polar surface area (TPSA) is 62.9 Å². The summed E-state index contributed by atoms with van der Waals surface area (Å²) < 4.78 is 0. The van der Waals surface area contributed by atoms with Crippen LogP contribution in [0.25, 0.3) is 0 Å². The van der Waals surface area contributed by atoms with Crippen LogP contribution < -0.4 is 10.4 Å². The molecule has 1 N–H and O–H groups in total. The van der Waals surface area contributed by atoms with E-state index in [4.69, 9.17) is 10.5 Å². The fraction of sp³-hybridized carbons (Fsp3) is 0.0909. The van der Waals surface area contributed by atoms with Gasteiger partial charge in [0.05, 0.1) is 16.8 Å². The second kappa shape index (κ2) is 3.83. The van der Waals surface area contributed by atoms with Gasteiger partial charge in [-0.25, -0.2) is 5.43 Å². The van der Waals surface area contributed by atoms with E-state index in [1.807, 2.05) is 35.5 Å². The summed E-state index contributed by atoms with van der Waals surface area (Å²) in [6.45, 7) is 0.780. The molecule has 0 atom stereocenters. The number of nitriles is 2. The summed E-state index contributed by atoms with van der Waals surface area (Å²) in [7, 11) is 0. The first-order valence-corrected chi connectivity index (χ1v) is 4.49. The Balaban J connectivity index is 2.40. The highest BCUT2D eigenvalue weighted by atomic mass is 15.5. The number of hydrogen-bond acceptors (Lipinski definition) is 4. The zero-order valence-electron chi connectivity index (χ0n) is 7.94. The quantitative estimate of drug-likeness (QED) is 0.734. The Kier molecular flexibility index (Phi) is 2.37. The fourth-order valence-corrected chi connectivity index (χ4v) is 1.41. The molecule has 1 aliphatic heterocycles. The second-order valence-corrected chi connectivity index (χ2v) is 3.07. The van der Waals surface area contributed by atoms with Gasteiger partial charge in [-0.1, -0.05) is 6.08 Å². The molecule has 15 heavy (non-hydrogen) atoms. The van der Waals surface area contributed by atoms with Crippen LogP contribution in [-0.4, -0.2) is 6.54 Å². The van der Waals surface area contributed by atoms with Crippen molar-refractivity contribution in [1.82, 2.24) is 5.43 Å². The molecular weight excluding hydrogens is 188 g/mol. The van der Waals surface area contributed by atoms with E-state index in [9.17, 15) is 0 Å². The summed E-state index contributed by atoms with van der Waals surface area (Å²) in [4.78, 5) is 0. The van der Waals surface area contributed by atoms with Crippen molar-refractivity contribution in [3.8, 4) is 12.1 Å². The lowest BCUT2D eigenvalue weighted by Gasteiger charge is -2.16. The molecule has 2 rings (SSSR count). The Morgan fingerprint density at radius 1 is 1.20 bits per heavy atom. The standard InChI is InChI=1S/C11H8N4/c12-7-9-2-3-11(6-10(9)8-13)15-5-1-4-14-15/h1-3,5-6,14H,4H2. The van der Waals surface area contributed by atoms with Crippen LogP contribution in [0.15, 0.2) is 30.5 Å². The van der Waals surface area contributed by atoms with E-state index in [2.05, 4.69) is 5.43 Å². The Morgan fingerprint density at radius 3 is 2.60 bits per heavy atom. The molecule has 0 saturated carbocycles. The summed E-state index contributed by atoms with van der Waals surface area (Å²) in [6, 6.07) is 9.15. The third kappa shape index (κ3) is 1.67. The molecule has 1 heterocycles. The van der Waals surface area contributed by atoms with E-state index in [0.717, 1.165) is 12.2 Å². The van der Waals surface area contributed by atoms with Crippen molar-refractivity contribution >= 4 is 5.69 Å². The number of hydrogen-bond donors (Lipinski definition) is 1. The second-order valence-electron chi connectivity index (χ2n) is 3.07. The molecule has 0 spiro atoms.